The maximum Gasteiger partial charge on any atom is 0.328 e. The Morgan fingerprint density at radius 1 is 1.45 bits per heavy atom. The molecule has 0 aliphatic rings. The van der Waals surface area contributed by atoms with Gasteiger partial charge in [-0.15, -0.1) is 0 Å². The topological polar surface area (TPSA) is 118 Å². The molecular weight excluding hydrogens is 288 g/mol. The van der Waals surface area contributed by atoms with Crippen LogP contribution in [0.5, 0.6) is 0 Å². The van der Waals surface area contributed by atoms with Crippen molar-refractivity contribution in [3.63, 3.8) is 0 Å². The Morgan fingerprint density at radius 2 is 2.05 bits per heavy atom. The predicted octanol–water partition coefficient (Wildman–Crippen LogP) is 1.09. The molecule has 1 N–H and O–H groups in total. The molecule has 1 aromatic carbocycles. The number of hydrogen-bond donors (Lipinski definition) is 1. The van der Waals surface area contributed by atoms with E-state index in [-0.39, 0.29) is 11.4 Å². The van der Waals surface area contributed by atoms with Crippen LogP contribution in [-0.2, 0) is 14.8 Å². The molecule has 0 atom stereocenters. The summed E-state index contributed by atoms with van der Waals surface area (Å²) in [5.74, 6) is -1.18. The number of carboxylic acids is 1. The third kappa shape index (κ3) is 3.79. The van der Waals surface area contributed by atoms with Gasteiger partial charge < -0.3 is 5.11 Å². The number of nitro benzene ring substituents is 1. The van der Waals surface area contributed by atoms with Crippen molar-refractivity contribution in [3.8, 4) is 0 Å². The van der Waals surface area contributed by atoms with Crippen LogP contribution in [0, 0.1) is 10.1 Å². The highest BCUT2D eigenvalue weighted by Gasteiger charge is 2.22. The van der Waals surface area contributed by atoms with Crippen molar-refractivity contribution in [2.75, 3.05) is 17.6 Å². The largest absolute Gasteiger partial charge is 0.478 e. The van der Waals surface area contributed by atoms with E-state index in [9.17, 15) is 23.3 Å². The molecule has 1 aromatic rings. The third-order valence-electron chi connectivity index (χ3n) is 2.45. The molecule has 0 spiro atoms. The maximum absolute atomic E-state index is 11.5. The van der Waals surface area contributed by atoms with Crippen LogP contribution in [0.25, 0.3) is 6.08 Å². The molecule has 0 heterocycles. The van der Waals surface area contributed by atoms with Gasteiger partial charge in [-0.1, -0.05) is 0 Å². The summed E-state index contributed by atoms with van der Waals surface area (Å²) < 4.78 is 23.7. The molecule has 0 bridgehead atoms. The van der Waals surface area contributed by atoms with Crippen LogP contribution in [0.1, 0.15) is 5.56 Å². The Hall–Kier alpha value is -2.42. The quantitative estimate of drug-likeness (QED) is 0.494. The summed E-state index contributed by atoms with van der Waals surface area (Å²) in [5.41, 5.74) is -0.182. The van der Waals surface area contributed by atoms with E-state index in [0.717, 1.165) is 22.7 Å². The van der Waals surface area contributed by atoms with E-state index >= 15 is 0 Å². The fraction of sp³-hybridized carbons (Fsp3) is 0.182. The number of nitro groups is 1. The van der Waals surface area contributed by atoms with E-state index in [1.165, 1.54) is 25.3 Å². The summed E-state index contributed by atoms with van der Waals surface area (Å²) in [5, 5.41) is 19.4. The Labute approximate surface area is 115 Å². The van der Waals surface area contributed by atoms with Crippen LogP contribution < -0.4 is 4.31 Å². The van der Waals surface area contributed by atoms with E-state index in [2.05, 4.69) is 0 Å². The molecule has 0 radical (unpaired) electrons. The van der Waals surface area contributed by atoms with E-state index in [4.69, 9.17) is 5.11 Å². The van der Waals surface area contributed by atoms with Crippen LogP contribution in [0.15, 0.2) is 24.3 Å². The van der Waals surface area contributed by atoms with Crippen molar-refractivity contribution in [1.82, 2.24) is 0 Å². The number of carboxylic acid groups (broad SMARTS) is 1. The lowest BCUT2D eigenvalue weighted by atomic mass is 10.1. The predicted molar refractivity (Wildman–Crippen MR) is 73.0 cm³/mol. The summed E-state index contributed by atoms with van der Waals surface area (Å²) >= 11 is 0. The normalized spacial score (nSPS) is 11.5. The molecule has 0 aromatic heterocycles. The Morgan fingerprint density at radius 3 is 2.50 bits per heavy atom. The fourth-order valence-corrected chi connectivity index (χ4v) is 1.90. The van der Waals surface area contributed by atoms with Crippen LogP contribution in [-0.4, -0.2) is 37.7 Å². The van der Waals surface area contributed by atoms with Crippen molar-refractivity contribution in [1.29, 1.82) is 0 Å². The lowest BCUT2D eigenvalue weighted by Crippen LogP contribution is -2.25. The van der Waals surface area contributed by atoms with Gasteiger partial charge in [0, 0.05) is 19.2 Å². The van der Waals surface area contributed by atoms with Gasteiger partial charge in [0.2, 0.25) is 10.0 Å². The number of hydrogen-bond acceptors (Lipinski definition) is 5. The molecule has 0 aliphatic carbocycles. The number of anilines is 1. The number of benzene rings is 1. The lowest BCUT2D eigenvalue weighted by Gasteiger charge is -2.16. The fourth-order valence-electron chi connectivity index (χ4n) is 1.40. The van der Waals surface area contributed by atoms with Crippen LogP contribution in [0.4, 0.5) is 11.4 Å². The second-order valence-corrected chi connectivity index (χ2v) is 5.92. The van der Waals surface area contributed by atoms with Crippen molar-refractivity contribution in [2.24, 2.45) is 0 Å². The average Bonchev–Trinajstić information content (AvgIpc) is 2.33. The molecule has 20 heavy (non-hydrogen) atoms. The second-order valence-electron chi connectivity index (χ2n) is 3.91. The van der Waals surface area contributed by atoms with Gasteiger partial charge in [0.05, 0.1) is 11.2 Å². The first-order valence-electron chi connectivity index (χ1n) is 5.26. The van der Waals surface area contributed by atoms with Crippen molar-refractivity contribution < 1.29 is 23.2 Å². The molecule has 108 valence electrons. The highest BCUT2D eigenvalue weighted by molar-refractivity contribution is 7.92. The highest BCUT2D eigenvalue weighted by Crippen LogP contribution is 2.30. The second kappa shape index (κ2) is 5.70. The summed E-state index contributed by atoms with van der Waals surface area (Å²) in [7, 11) is -2.49. The summed E-state index contributed by atoms with van der Waals surface area (Å²) in [6, 6.07) is 3.69. The molecule has 0 fully saturated rings. The van der Waals surface area contributed by atoms with Gasteiger partial charge >= 0.3 is 5.97 Å². The molecule has 9 heteroatoms. The van der Waals surface area contributed by atoms with Gasteiger partial charge in [-0.05, 0) is 23.8 Å². The zero-order valence-corrected chi connectivity index (χ0v) is 11.5. The minimum atomic E-state index is -3.67. The van der Waals surface area contributed by atoms with Gasteiger partial charge in [0.15, 0.2) is 0 Å². The molecule has 0 aliphatic heterocycles. The first-order chi connectivity index (χ1) is 9.12. The monoisotopic (exact) mass is 300 g/mol. The average molecular weight is 300 g/mol. The van der Waals surface area contributed by atoms with Crippen molar-refractivity contribution >= 4 is 33.4 Å². The van der Waals surface area contributed by atoms with Gasteiger partial charge in [0.25, 0.3) is 5.69 Å². The van der Waals surface area contributed by atoms with Crippen LogP contribution in [0.3, 0.4) is 0 Å². The first kappa shape index (κ1) is 15.6. The van der Waals surface area contributed by atoms with Crippen LogP contribution in [0.2, 0.25) is 0 Å². The minimum absolute atomic E-state index is 0.134. The summed E-state index contributed by atoms with van der Waals surface area (Å²) in [4.78, 5) is 20.6. The zero-order chi connectivity index (χ0) is 15.5. The molecule has 8 nitrogen and oxygen atoms in total. The summed E-state index contributed by atoms with van der Waals surface area (Å²) in [6.45, 7) is 0. The van der Waals surface area contributed by atoms with Gasteiger partial charge in [-0.3, -0.25) is 14.4 Å². The van der Waals surface area contributed by atoms with E-state index in [0.29, 0.717) is 5.56 Å². The van der Waals surface area contributed by atoms with Crippen LogP contribution >= 0.6 is 0 Å². The smallest absolute Gasteiger partial charge is 0.328 e. The highest BCUT2D eigenvalue weighted by atomic mass is 32.2. The number of aliphatic carboxylic acids is 1. The molecule has 1 rings (SSSR count). The molecule has 0 amide bonds. The maximum atomic E-state index is 11.5. The van der Waals surface area contributed by atoms with E-state index < -0.39 is 20.9 Å². The molecule has 0 saturated heterocycles. The van der Waals surface area contributed by atoms with E-state index in [1.807, 2.05) is 0 Å². The zero-order valence-electron chi connectivity index (χ0n) is 10.7. The standard InChI is InChI=1S/C11H12N2O6S/c1-12(20(2,18)19)10-7-8(4-6-11(14)15)3-5-9(10)13(16)17/h3-7H,1-2H3,(H,14,15). The van der Waals surface area contributed by atoms with Crippen molar-refractivity contribution in [3.05, 3.63) is 40.0 Å². The number of carbonyl (C=O) groups is 1. The lowest BCUT2D eigenvalue weighted by molar-refractivity contribution is -0.384. The van der Waals surface area contributed by atoms with Gasteiger partial charge in [0.1, 0.15) is 5.69 Å². The Kier molecular flexibility index (Phi) is 4.45. The third-order valence-corrected chi connectivity index (χ3v) is 3.64. The molecule has 0 unspecified atom stereocenters. The Bertz CT molecular complexity index is 680. The summed E-state index contributed by atoms with van der Waals surface area (Å²) in [6.07, 6.45) is 2.98. The van der Waals surface area contributed by atoms with Gasteiger partial charge in [-0.25, -0.2) is 13.2 Å². The van der Waals surface area contributed by atoms with Gasteiger partial charge in [-0.2, -0.15) is 0 Å². The van der Waals surface area contributed by atoms with Crippen molar-refractivity contribution in [2.45, 2.75) is 0 Å². The first-order valence-corrected chi connectivity index (χ1v) is 7.11. The number of sulfonamides is 1. The minimum Gasteiger partial charge on any atom is -0.478 e. The SMILES string of the molecule is CN(c1cc(C=CC(=O)O)ccc1[N+](=O)[O-])S(C)(=O)=O. The molecular formula is C11H12N2O6S. The Balaban J connectivity index is 3.40. The molecule has 0 saturated carbocycles. The number of nitrogens with zero attached hydrogens (tertiary/aromatic N) is 2. The number of rotatable bonds is 5. The van der Waals surface area contributed by atoms with E-state index in [1.54, 1.807) is 0 Å².